The van der Waals surface area contributed by atoms with Crippen LogP contribution in [-0.2, 0) is 13.0 Å². The number of aryl methyl sites for hydroxylation is 1. The molecule has 0 aromatic heterocycles. The van der Waals surface area contributed by atoms with Crippen molar-refractivity contribution in [3.05, 3.63) is 52.6 Å². The smallest absolute Gasteiger partial charge is 0.255 e. The lowest BCUT2D eigenvalue weighted by molar-refractivity contribution is 0.150. The maximum atomic E-state index is 12.1. The van der Waals surface area contributed by atoms with Gasteiger partial charge in [-0.2, -0.15) is 0 Å². The molecular formula is C22H33F2N7. The van der Waals surface area contributed by atoms with E-state index in [-0.39, 0.29) is 6.67 Å². The Morgan fingerprint density at radius 3 is 2.58 bits per heavy atom. The molecule has 0 unspecified atom stereocenters. The third-order valence-electron chi connectivity index (χ3n) is 4.41. The summed E-state index contributed by atoms with van der Waals surface area (Å²) >= 11 is 0. The highest BCUT2D eigenvalue weighted by Crippen LogP contribution is 2.19. The molecule has 9 heteroatoms. The summed E-state index contributed by atoms with van der Waals surface area (Å²) in [6.45, 7) is 7.96. The molecule has 1 rings (SSSR count). The molecule has 7 nitrogen and oxygen atoms in total. The maximum absolute atomic E-state index is 12.1. The summed E-state index contributed by atoms with van der Waals surface area (Å²) in [4.78, 5) is 10.4. The number of aliphatic imine (C=N–C) groups is 2. The molecule has 1 aromatic rings. The number of halogens is 2. The lowest BCUT2D eigenvalue weighted by Crippen LogP contribution is -2.21. The number of nitrogens with one attached hydrogen (secondary N) is 4. The van der Waals surface area contributed by atoms with E-state index in [0.29, 0.717) is 18.1 Å². The first-order chi connectivity index (χ1) is 14.8. The number of nitrogens with zero attached hydrogens (tertiary/aromatic N) is 3. The third-order valence-corrected chi connectivity index (χ3v) is 4.41. The van der Waals surface area contributed by atoms with Gasteiger partial charge in [0.1, 0.15) is 12.5 Å². The minimum atomic E-state index is -2.45. The fraction of sp³-hybridized carbons (Fsp3) is 0.409. The molecule has 1 aromatic carbocycles. The van der Waals surface area contributed by atoms with Crippen LogP contribution in [0, 0.1) is 5.41 Å². The Hall–Kier alpha value is -3.23. The fourth-order valence-electron chi connectivity index (χ4n) is 2.68. The number of allylic oxidation sites excluding steroid dienone is 2. The maximum Gasteiger partial charge on any atom is 0.255 e. The molecule has 0 aliphatic carbocycles. The first kappa shape index (κ1) is 25.8. The van der Waals surface area contributed by atoms with Crippen molar-refractivity contribution in [1.29, 1.82) is 5.41 Å². The van der Waals surface area contributed by atoms with E-state index in [1.54, 1.807) is 6.21 Å². The lowest BCUT2D eigenvalue weighted by Gasteiger charge is -2.17. The van der Waals surface area contributed by atoms with Crippen molar-refractivity contribution in [1.82, 2.24) is 16.0 Å². The Balaban J connectivity index is 2.73. The van der Waals surface area contributed by atoms with Crippen LogP contribution in [0.25, 0.3) is 0 Å². The van der Waals surface area contributed by atoms with Crippen LogP contribution < -0.4 is 20.9 Å². The number of anilines is 1. The third kappa shape index (κ3) is 9.41. The number of hydrogen-bond donors (Lipinski definition) is 4. The molecule has 31 heavy (non-hydrogen) atoms. The second-order valence-electron chi connectivity index (χ2n) is 6.93. The van der Waals surface area contributed by atoms with Crippen LogP contribution >= 0.6 is 0 Å². The van der Waals surface area contributed by atoms with E-state index in [2.05, 4.69) is 62.7 Å². The average molecular weight is 434 g/mol. The molecule has 0 fully saturated rings. The molecule has 0 saturated heterocycles. The van der Waals surface area contributed by atoms with Gasteiger partial charge < -0.3 is 26.3 Å². The molecule has 4 N–H and O–H groups in total. The number of rotatable bonds is 14. The molecule has 0 saturated carbocycles. The largest absolute Gasteiger partial charge is 0.383 e. The van der Waals surface area contributed by atoms with Gasteiger partial charge in [0.05, 0.1) is 12.2 Å². The van der Waals surface area contributed by atoms with E-state index in [4.69, 9.17) is 5.41 Å². The van der Waals surface area contributed by atoms with Gasteiger partial charge in [0.15, 0.2) is 0 Å². The van der Waals surface area contributed by atoms with Crippen molar-refractivity contribution >= 4 is 24.8 Å². The summed E-state index contributed by atoms with van der Waals surface area (Å²) < 4.78 is 24.3. The number of alkyl halides is 2. The van der Waals surface area contributed by atoms with Crippen LogP contribution in [0.5, 0.6) is 0 Å². The van der Waals surface area contributed by atoms with Gasteiger partial charge in [-0.1, -0.05) is 13.0 Å². The number of hydrogen-bond acceptors (Lipinski definition) is 7. The van der Waals surface area contributed by atoms with Crippen molar-refractivity contribution in [3.8, 4) is 0 Å². The van der Waals surface area contributed by atoms with Gasteiger partial charge in [0.2, 0.25) is 0 Å². The fourth-order valence-corrected chi connectivity index (χ4v) is 2.68. The molecule has 170 valence electrons. The summed E-state index contributed by atoms with van der Waals surface area (Å²) in [6.07, 6.45) is 2.48. The lowest BCUT2D eigenvalue weighted by atomic mass is 10.0. The molecular weight excluding hydrogens is 400 g/mol. The molecule has 0 amide bonds. The van der Waals surface area contributed by atoms with Gasteiger partial charge in [0.25, 0.3) is 6.43 Å². The molecule has 0 spiro atoms. The predicted octanol–water partition coefficient (Wildman–Crippen LogP) is 3.30. The molecule has 0 heterocycles. The minimum absolute atomic E-state index is 0.185. The van der Waals surface area contributed by atoms with E-state index in [1.807, 2.05) is 21.0 Å². The van der Waals surface area contributed by atoms with Crippen molar-refractivity contribution in [2.24, 2.45) is 9.98 Å². The van der Waals surface area contributed by atoms with Crippen LogP contribution in [0.1, 0.15) is 25.0 Å². The van der Waals surface area contributed by atoms with Gasteiger partial charge in [0, 0.05) is 50.5 Å². The van der Waals surface area contributed by atoms with Crippen molar-refractivity contribution in [3.63, 3.8) is 0 Å². The predicted molar refractivity (Wildman–Crippen MR) is 127 cm³/mol. The molecule has 0 atom stereocenters. The summed E-state index contributed by atoms with van der Waals surface area (Å²) in [6, 6.07) is 6.41. The van der Waals surface area contributed by atoms with Gasteiger partial charge in [-0.3, -0.25) is 4.99 Å². The summed E-state index contributed by atoms with van der Waals surface area (Å²) in [5, 5.41) is 15.9. The Morgan fingerprint density at radius 1 is 1.26 bits per heavy atom. The van der Waals surface area contributed by atoms with Gasteiger partial charge >= 0.3 is 0 Å². The zero-order valence-electron chi connectivity index (χ0n) is 18.7. The van der Waals surface area contributed by atoms with Crippen molar-refractivity contribution in [2.75, 3.05) is 32.2 Å². The van der Waals surface area contributed by atoms with E-state index < -0.39 is 13.0 Å². The van der Waals surface area contributed by atoms with Crippen LogP contribution in [0.4, 0.5) is 14.5 Å². The highest BCUT2D eigenvalue weighted by molar-refractivity contribution is 5.79. The average Bonchev–Trinajstić information content (AvgIpc) is 2.75. The Morgan fingerprint density at radius 2 is 2.00 bits per heavy atom. The summed E-state index contributed by atoms with van der Waals surface area (Å²) in [5.41, 5.74) is 4.75. The van der Waals surface area contributed by atoms with E-state index in [9.17, 15) is 8.78 Å². The van der Waals surface area contributed by atoms with Gasteiger partial charge in [-0.15, -0.1) is 0 Å². The first-order valence-corrected chi connectivity index (χ1v) is 9.98. The topological polar surface area (TPSA) is 87.9 Å². The first-order valence-electron chi connectivity index (χ1n) is 9.98. The van der Waals surface area contributed by atoms with Gasteiger partial charge in [-0.05, 0) is 43.3 Å². The van der Waals surface area contributed by atoms with Crippen LogP contribution in [0.3, 0.4) is 0 Å². The summed E-state index contributed by atoms with van der Waals surface area (Å²) in [5.74, 6) is 0.627. The number of benzene rings is 1. The molecule has 0 radical (unpaired) electrons. The summed E-state index contributed by atoms with van der Waals surface area (Å²) in [7, 11) is 4.02. The molecule has 0 bridgehead atoms. The van der Waals surface area contributed by atoms with Crippen molar-refractivity contribution < 1.29 is 8.78 Å². The van der Waals surface area contributed by atoms with E-state index in [1.165, 1.54) is 17.3 Å². The van der Waals surface area contributed by atoms with E-state index in [0.717, 1.165) is 23.9 Å². The zero-order valence-corrected chi connectivity index (χ0v) is 18.7. The quantitative estimate of drug-likeness (QED) is 0.339. The normalized spacial score (nSPS) is 12.5. The SMILES string of the molecule is C=N/C(NCc1cc(N(C)C)ccc1CC)=C(C)\C=N/CN/C(C=N)=C/NCC(F)F. The van der Waals surface area contributed by atoms with Crippen molar-refractivity contribution in [2.45, 2.75) is 33.2 Å². The second kappa shape index (κ2) is 13.9. The van der Waals surface area contributed by atoms with Crippen LogP contribution in [-0.4, -0.2) is 52.9 Å². The Kier molecular flexibility index (Phi) is 11.6. The minimum Gasteiger partial charge on any atom is -0.383 e. The molecule has 0 aliphatic heterocycles. The Bertz CT molecular complexity index is 814. The highest BCUT2D eigenvalue weighted by Gasteiger charge is 2.06. The van der Waals surface area contributed by atoms with Crippen LogP contribution in [0.15, 0.2) is 51.5 Å². The van der Waals surface area contributed by atoms with E-state index >= 15 is 0 Å². The second-order valence-corrected chi connectivity index (χ2v) is 6.93. The Labute approximate surface area is 183 Å². The van der Waals surface area contributed by atoms with Crippen LogP contribution in [0.2, 0.25) is 0 Å². The van der Waals surface area contributed by atoms with Gasteiger partial charge in [-0.25, -0.2) is 13.8 Å². The molecule has 0 aliphatic rings. The standard InChI is InChI=1S/C22H33F2N7/c1-6-17-7-8-20(31(4)5)9-18(17)12-29-22(26-3)16(2)11-28-15-30-19(10-25)13-27-14-21(23)24/h7-11,13,21,25,27,29-30H,3,6,12,14-15H2,1-2,4-5H3/b19-13+,22-16+,25-10?,28-11-. The zero-order chi connectivity index (χ0) is 23.2. The monoisotopic (exact) mass is 433 g/mol. The highest BCUT2D eigenvalue weighted by atomic mass is 19.3.